The normalized spacial score (nSPS) is 26.6. The summed E-state index contributed by atoms with van der Waals surface area (Å²) in [5, 5.41) is 3.72. The zero-order chi connectivity index (χ0) is 14.5. The highest BCUT2D eigenvalue weighted by Crippen LogP contribution is 2.21. The summed E-state index contributed by atoms with van der Waals surface area (Å²) in [7, 11) is 2.25. The Labute approximate surface area is 129 Å². The summed E-state index contributed by atoms with van der Waals surface area (Å²) >= 11 is 0. The van der Waals surface area contributed by atoms with Gasteiger partial charge in [0.15, 0.2) is 0 Å². The molecule has 0 bridgehead atoms. The molecule has 1 N–H and O–H groups in total. The number of piperidine rings is 1. The highest BCUT2D eigenvalue weighted by atomic mass is 15.2. The third-order valence-corrected chi connectivity index (χ3v) is 5.04. The van der Waals surface area contributed by atoms with Crippen LogP contribution in [-0.2, 0) is 0 Å². The second-order valence-electron chi connectivity index (χ2n) is 6.78. The van der Waals surface area contributed by atoms with E-state index in [9.17, 15) is 0 Å². The van der Waals surface area contributed by atoms with E-state index in [1.807, 2.05) is 0 Å². The summed E-state index contributed by atoms with van der Waals surface area (Å²) in [6, 6.07) is 11.4. The molecule has 2 heterocycles. The van der Waals surface area contributed by atoms with Crippen molar-refractivity contribution in [2.24, 2.45) is 5.92 Å². The summed E-state index contributed by atoms with van der Waals surface area (Å²) in [5.41, 5.74) is 1.44. The first-order valence-electron chi connectivity index (χ1n) is 8.50. The molecule has 2 fully saturated rings. The van der Waals surface area contributed by atoms with Gasteiger partial charge in [-0.3, -0.25) is 0 Å². The van der Waals surface area contributed by atoms with Crippen LogP contribution in [0.4, 0.5) is 0 Å². The fourth-order valence-corrected chi connectivity index (χ4v) is 3.68. The van der Waals surface area contributed by atoms with Crippen molar-refractivity contribution in [1.82, 2.24) is 15.1 Å². The average molecular weight is 287 g/mol. The Kier molecular flexibility index (Phi) is 5.28. The minimum Gasteiger partial charge on any atom is -0.309 e. The van der Waals surface area contributed by atoms with Crippen molar-refractivity contribution in [3.8, 4) is 0 Å². The molecule has 1 unspecified atom stereocenters. The van der Waals surface area contributed by atoms with E-state index >= 15 is 0 Å². The molecule has 3 heteroatoms. The summed E-state index contributed by atoms with van der Waals surface area (Å²) < 4.78 is 0. The smallest absolute Gasteiger partial charge is 0.0449 e. The quantitative estimate of drug-likeness (QED) is 0.921. The maximum atomic E-state index is 3.72. The monoisotopic (exact) mass is 287 g/mol. The van der Waals surface area contributed by atoms with E-state index in [4.69, 9.17) is 0 Å². The first-order valence-corrected chi connectivity index (χ1v) is 8.50. The summed E-state index contributed by atoms with van der Waals surface area (Å²) in [6.07, 6.45) is 4.02. The van der Waals surface area contributed by atoms with Gasteiger partial charge in [-0.1, -0.05) is 30.3 Å². The Morgan fingerprint density at radius 2 is 1.86 bits per heavy atom. The topological polar surface area (TPSA) is 18.5 Å². The molecule has 2 saturated heterocycles. The van der Waals surface area contributed by atoms with Crippen LogP contribution < -0.4 is 5.32 Å². The van der Waals surface area contributed by atoms with E-state index < -0.39 is 0 Å². The maximum absolute atomic E-state index is 3.72. The van der Waals surface area contributed by atoms with Gasteiger partial charge in [-0.25, -0.2) is 0 Å². The second kappa shape index (κ2) is 7.39. The Hall–Kier alpha value is -0.900. The van der Waals surface area contributed by atoms with Crippen LogP contribution in [0.5, 0.6) is 0 Å². The molecule has 0 aliphatic carbocycles. The van der Waals surface area contributed by atoms with Crippen LogP contribution in [0.25, 0.3) is 0 Å². The molecule has 3 nitrogen and oxygen atoms in total. The van der Waals surface area contributed by atoms with Crippen molar-refractivity contribution < 1.29 is 0 Å². The lowest BCUT2D eigenvalue weighted by atomic mass is 9.96. The highest BCUT2D eigenvalue weighted by molar-refractivity contribution is 5.19. The molecular formula is C18H29N3. The highest BCUT2D eigenvalue weighted by Gasteiger charge is 2.23. The van der Waals surface area contributed by atoms with Crippen molar-refractivity contribution in [2.45, 2.75) is 25.3 Å². The zero-order valence-electron chi connectivity index (χ0n) is 13.3. The molecule has 1 aromatic carbocycles. The largest absolute Gasteiger partial charge is 0.309 e. The maximum Gasteiger partial charge on any atom is 0.0449 e. The molecule has 0 saturated carbocycles. The molecule has 0 spiro atoms. The van der Waals surface area contributed by atoms with Crippen LogP contribution in [0.1, 0.15) is 30.9 Å². The minimum absolute atomic E-state index is 0.500. The Bertz CT molecular complexity index is 412. The minimum atomic E-state index is 0.500. The second-order valence-corrected chi connectivity index (χ2v) is 6.78. The molecule has 3 rings (SSSR count). The van der Waals surface area contributed by atoms with Crippen LogP contribution in [0.2, 0.25) is 0 Å². The molecule has 116 valence electrons. The summed E-state index contributed by atoms with van der Waals surface area (Å²) in [4.78, 5) is 5.17. The van der Waals surface area contributed by atoms with Gasteiger partial charge in [0.05, 0.1) is 0 Å². The van der Waals surface area contributed by atoms with E-state index in [-0.39, 0.29) is 0 Å². The van der Waals surface area contributed by atoms with Crippen molar-refractivity contribution in [1.29, 1.82) is 0 Å². The first-order chi connectivity index (χ1) is 10.3. The molecule has 0 aromatic heterocycles. The number of hydrogen-bond donors (Lipinski definition) is 1. The molecule has 0 amide bonds. The van der Waals surface area contributed by atoms with Gasteiger partial charge in [0.25, 0.3) is 0 Å². The number of nitrogens with zero attached hydrogens (tertiary/aromatic N) is 2. The molecule has 1 aromatic rings. The van der Waals surface area contributed by atoms with Crippen LogP contribution in [-0.4, -0.2) is 56.1 Å². The molecule has 1 atom stereocenters. The molecule has 2 aliphatic rings. The fraction of sp³-hybridized carbons (Fsp3) is 0.667. The van der Waals surface area contributed by atoms with Crippen molar-refractivity contribution >= 4 is 0 Å². The molecule has 2 aliphatic heterocycles. The SMILES string of the molecule is CN1CCC(CN2CCCNC(c3ccccc3)C2)CC1. The van der Waals surface area contributed by atoms with Gasteiger partial charge in [0, 0.05) is 19.1 Å². The lowest BCUT2D eigenvalue weighted by Gasteiger charge is -2.33. The lowest BCUT2D eigenvalue weighted by Crippen LogP contribution is -2.39. The standard InChI is InChI=1S/C18H29N3/c1-20-12-8-16(9-13-20)14-21-11-5-10-19-18(15-21)17-6-3-2-4-7-17/h2-4,6-7,16,18-19H,5,8-15H2,1H3. The fourth-order valence-electron chi connectivity index (χ4n) is 3.68. The number of benzene rings is 1. The van der Waals surface area contributed by atoms with Gasteiger partial charge in [0.1, 0.15) is 0 Å². The third kappa shape index (κ3) is 4.29. The van der Waals surface area contributed by atoms with Crippen LogP contribution in [0.3, 0.4) is 0 Å². The Morgan fingerprint density at radius 1 is 1.10 bits per heavy atom. The Morgan fingerprint density at radius 3 is 2.62 bits per heavy atom. The van der Waals surface area contributed by atoms with Gasteiger partial charge in [0.2, 0.25) is 0 Å². The predicted molar refractivity (Wildman–Crippen MR) is 88.5 cm³/mol. The third-order valence-electron chi connectivity index (χ3n) is 5.04. The molecule has 0 radical (unpaired) electrons. The number of hydrogen-bond acceptors (Lipinski definition) is 3. The van der Waals surface area contributed by atoms with Gasteiger partial charge in [-0.15, -0.1) is 0 Å². The van der Waals surface area contributed by atoms with Crippen LogP contribution >= 0.6 is 0 Å². The van der Waals surface area contributed by atoms with E-state index in [1.54, 1.807) is 0 Å². The number of rotatable bonds is 3. The molecule has 21 heavy (non-hydrogen) atoms. The van der Waals surface area contributed by atoms with Gasteiger partial charge in [-0.05, 0) is 64.0 Å². The van der Waals surface area contributed by atoms with E-state index in [1.165, 1.54) is 51.0 Å². The van der Waals surface area contributed by atoms with Crippen LogP contribution in [0.15, 0.2) is 30.3 Å². The predicted octanol–water partition coefficient (Wildman–Crippen LogP) is 2.36. The van der Waals surface area contributed by atoms with Gasteiger partial charge >= 0.3 is 0 Å². The summed E-state index contributed by atoms with van der Waals surface area (Å²) in [5.74, 6) is 0.899. The molecular weight excluding hydrogens is 258 g/mol. The van der Waals surface area contributed by atoms with Crippen LogP contribution in [0, 0.1) is 5.92 Å². The number of likely N-dealkylation sites (tertiary alicyclic amines) is 1. The van der Waals surface area contributed by atoms with Crippen molar-refractivity contribution in [3.05, 3.63) is 35.9 Å². The zero-order valence-corrected chi connectivity index (χ0v) is 13.3. The number of nitrogens with one attached hydrogen (secondary N) is 1. The lowest BCUT2D eigenvalue weighted by molar-refractivity contribution is 0.159. The van der Waals surface area contributed by atoms with Crippen molar-refractivity contribution in [2.75, 3.05) is 46.3 Å². The first kappa shape index (κ1) is 15.0. The Balaban J connectivity index is 1.57. The van der Waals surface area contributed by atoms with Crippen molar-refractivity contribution in [3.63, 3.8) is 0 Å². The average Bonchev–Trinajstić information content (AvgIpc) is 2.76. The van der Waals surface area contributed by atoms with E-state index in [0.29, 0.717) is 6.04 Å². The van der Waals surface area contributed by atoms with Gasteiger partial charge in [-0.2, -0.15) is 0 Å². The van der Waals surface area contributed by atoms with Gasteiger partial charge < -0.3 is 15.1 Å². The summed E-state index contributed by atoms with van der Waals surface area (Å²) in [6.45, 7) is 7.40. The van der Waals surface area contributed by atoms with E-state index in [2.05, 4.69) is 52.5 Å². The van der Waals surface area contributed by atoms with E-state index in [0.717, 1.165) is 19.0 Å².